The second-order valence-corrected chi connectivity index (χ2v) is 10.6. The van der Waals surface area contributed by atoms with Gasteiger partial charge in [-0.1, -0.05) is 39.0 Å². The van der Waals surface area contributed by atoms with Crippen LogP contribution in [0.2, 0.25) is 0 Å². The van der Waals surface area contributed by atoms with Crippen molar-refractivity contribution in [1.29, 1.82) is 0 Å². The largest absolute Gasteiger partial charge is 0.357 e. The molecule has 1 aromatic heterocycles. The highest BCUT2D eigenvalue weighted by atomic mass is 16.1. The van der Waals surface area contributed by atoms with E-state index < -0.39 is 0 Å². The summed E-state index contributed by atoms with van der Waals surface area (Å²) in [6, 6.07) is 12.6. The Hall–Kier alpha value is -2.59. The molecule has 6 rings (SSSR count). The predicted molar refractivity (Wildman–Crippen MR) is 130 cm³/mol. The molecule has 1 saturated carbocycles. The first-order valence-corrected chi connectivity index (χ1v) is 12.3. The highest BCUT2D eigenvalue weighted by Gasteiger charge is 2.41. The number of aromatic amines is 1. The SMILES string of the molecule is CCc1cc2c(cc1N1CCC(C3CC3)CC1N)C(C)(C)c1[nH]c3ccccc3c1C2=O. The summed E-state index contributed by atoms with van der Waals surface area (Å²) < 4.78 is 0. The predicted octanol–water partition coefficient (Wildman–Crippen LogP) is 5.51. The van der Waals surface area contributed by atoms with Crippen LogP contribution in [0.4, 0.5) is 5.69 Å². The van der Waals surface area contributed by atoms with E-state index in [0.29, 0.717) is 0 Å². The van der Waals surface area contributed by atoms with Crippen molar-refractivity contribution >= 4 is 22.4 Å². The van der Waals surface area contributed by atoms with Gasteiger partial charge in [0.05, 0.1) is 11.7 Å². The number of fused-ring (bicyclic) bond motifs is 4. The fraction of sp³-hybridized carbons (Fsp3) is 0.464. The first-order valence-electron chi connectivity index (χ1n) is 12.3. The van der Waals surface area contributed by atoms with E-state index in [2.05, 4.69) is 54.9 Å². The molecule has 4 heteroatoms. The smallest absolute Gasteiger partial charge is 0.195 e. The molecule has 2 fully saturated rings. The number of H-pyrrole nitrogens is 1. The summed E-state index contributed by atoms with van der Waals surface area (Å²) in [5, 5.41) is 1.03. The van der Waals surface area contributed by atoms with Gasteiger partial charge in [0.1, 0.15) is 0 Å². The van der Waals surface area contributed by atoms with Gasteiger partial charge in [-0.05, 0) is 73.3 Å². The molecule has 1 aliphatic heterocycles. The molecule has 32 heavy (non-hydrogen) atoms. The molecule has 0 radical (unpaired) electrons. The number of anilines is 1. The van der Waals surface area contributed by atoms with Crippen LogP contribution in [-0.2, 0) is 11.8 Å². The van der Waals surface area contributed by atoms with Gasteiger partial charge in [-0.3, -0.25) is 4.79 Å². The summed E-state index contributed by atoms with van der Waals surface area (Å²) >= 11 is 0. The molecular weight excluding hydrogens is 394 g/mol. The van der Waals surface area contributed by atoms with Gasteiger partial charge in [-0.15, -0.1) is 0 Å². The number of carbonyl (C=O) groups excluding carboxylic acids is 1. The summed E-state index contributed by atoms with van der Waals surface area (Å²) in [5.41, 5.74) is 13.8. The number of hydrogen-bond donors (Lipinski definition) is 2. The number of ketones is 1. The maximum absolute atomic E-state index is 13.8. The Labute approximate surface area is 190 Å². The minimum atomic E-state index is -0.283. The number of nitrogens with zero attached hydrogens (tertiary/aromatic N) is 1. The van der Waals surface area contributed by atoms with Gasteiger partial charge >= 0.3 is 0 Å². The number of piperidine rings is 1. The van der Waals surface area contributed by atoms with Crippen molar-refractivity contribution in [3.63, 3.8) is 0 Å². The molecule has 3 aliphatic rings. The van der Waals surface area contributed by atoms with E-state index >= 15 is 0 Å². The first kappa shape index (κ1) is 20.0. The summed E-state index contributed by atoms with van der Waals surface area (Å²) in [7, 11) is 0. The summed E-state index contributed by atoms with van der Waals surface area (Å²) in [6.07, 6.45) is 6.04. The van der Waals surface area contributed by atoms with Crippen LogP contribution in [0.1, 0.15) is 79.2 Å². The van der Waals surface area contributed by atoms with Gasteiger partial charge in [0.15, 0.2) is 5.78 Å². The van der Waals surface area contributed by atoms with Crippen LogP contribution in [0.25, 0.3) is 10.9 Å². The lowest BCUT2D eigenvalue weighted by molar-refractivity contribution is 0.103. The van der Waals surface area contributed by atoms with Crippen molar-refractivity contribution in [3.8, 4) is 0 Å². The standard InChI is InChI=1S/C28H33N3O/c1-4-16-13-20-21(15-23(16)31-12-11-18(14-24(31)29)17-9-10-17)28(2,3)27-25(26(20)32)19-7-5-6-8-22(19)30-27/h5-8,13,15,17-18,24,30H,4,9-12,14,29H2,1-3H3. The average Bonchev–Trinajstić information content (AvgIpc) is 3.56. The molecule has 3 aromatic rings. The minimum absolute atomic E-state index is 0.0590. The van der Waals surface area contributed by atoms with Crippen LogP contribution in [0.5, 0.6) is 0 Å². The highest BCUT2D eigenvalue weighted by Crippen LogP contribution is 2.47. The molecule has 2 unspecified atom stereocenters. The Kier molecular flexibility index (Phi) is 4.36. The molecule has 3 N–H and O–H groups in total. The van der Waals surface area contributed by atoms with Gasteiger partial charge in [-0.25, -0.2) is 0 Å². The van der Waals surface area contributed by atoms with Crippen LogP contribution in [0, 0.1) is 11.8 Å². The van der Waals surface area contributed by atoms with Crippen molar-refractivity contribution in [3.05, 3.63) is 64.3 Å². The van der Waals surface area contributed by atoms with Gasteiger partial charge in [-0.2, -0.15) is 0 Å². The average molecular weight is 428 g/mol. The Morgan fingerprint density at radius 3 is 2.62 bits per heavy atom. The number of carbonyl (C=O) groups is 1. The Morgan fingerprint density at radius 1 is 1.12 bits per heavy atom. The normalized spacial score (nSPS) is 24.5. The van der Waals surface area contributed by atoms with Crippen LogP contribution in [-0.4, -0.2) is 23.5 Å². The maximum Gasteiger partial charge on any atom is 0.195 e. The van der Waals surface area contributed by atoms with E-state index in [1.807, 2.05) is 12.1 Å². The third-order valence-corrected chi connectivity index (χ3v) is 8.36. The number of aromatic nitrogens is 1. The molecule has 4 nitrogen and oxygen atoms in total. The van der Waals surface area contributed by atoms with E-state index in [-0.39, 0.29) is 17.4 Å². The number of benzene rings is 2. The van der Waals surface area contributed by atoms with Gasteiger partial charge < -0.3 is 15.6 Å². The lowest BCUT2D eigenvalue weighted by Crippen LogP contribution is -2.49. The van der Waals surface area contributed by atoms with Crippen molar-refractivity contribution in [2.24, 2.45) is 17.6 Å². The maximum atomic E-state index is 13.8. The summed E-state index contributed by atoms with van der Waals surface area (Å²) in [6.45, 7) is 7.67. The van der Waals surface area contributed by atoms with E-state index in [1.165, 1.54) is 30.5 Å². The van der Waals surface area contributed by atoms with Crippen LogP contribution < -0.4 is 10.6 Å². The zero-order chi connectivity index (χ0) is 22.2. The lowest BCUT2D eigenvalue weighted by atomic mass is 9.70. The second-order valence-electron chi connectivity index (χ2n) is 10.6. The zero-order valence-corrected chi connectivity index (χ0v) is 19.4. The zero-order valence-electron chi connectivity index (χ0n) is 19.4. The van der Waals surface area contributed by atoms with Crippen LogP contribution in [0.15, 0.2) is 36.4 Å². The molecule has 166 valence electrons. The molecule has 2 aliphatic carbocycles. The molecule has 2 aromatic carbocycles. The molecule has 0 bridgehead atoms. The number of rotatable bonds is 3. The van der Waals surface area contributed by atoms with Crippen molar-refractivity contribution < 1.29 is 4.79 Å². The van der Waals surface area contributed by atoms with Gasteiger partial charge in [0.25, 0.3) is 0 Å². The fourth-order valence-corrected chi connectivity index (χ4v) is 6.33. The molecular formula is C28H33N3O. The molecule has 2 heterocycles. The lowest BCUT2D eigenvalue weighted by Gasteiger charge is -2.41. The van der Waals surface area contributed by atoms with Crippen LogP contribution in [0.3, 0.4) is 0 Å². The number of nitrogens with one attached hydrogen (secondary N) is 1. The fourth-order valence-electron chi connectivity index (χ4n) is 6.33. The van der Waals surface area contributed by atoms with E-state index in [0.717, 1.165) is 64.5 Å². The molecule has 0 amide bonds. The Morgan fingerprint density at radius 2 is 1.91 bits per heavy atom. The first-order chi connectivity index (χ1) is 15.4. The monoisotopic (exact) mass is 427 g/mol. The van der Waals surface area contributed by atoms with Crippen molar-refractivity contribution in [2.45, 2.75) is 64.5 Å². The topological polar surface area (TPSA) is 62.1 Å². The quantitative estimate of drug-likeness (QED) is 0.579. The highest BCUT2D eigenvalue weighted by molar-refractivity contribution is 6.20. The number of para-hydroxylation sites is 1. The van der Waals surface area contributed by atoms with Crippen molar-refractivity contribution in [2.75, 3.05) is 11.4 Å². The van der Waals surface area contributed by atoms with Crippen LogP contribution >= 0.6 is 0 Å². The molecule has 2 atom stereocenters. The third kappa shape index (κ3) is 2.82. The van der Waals surface area contributed by atoms with Gasteiger partial charge in [0.2, 0.25) is 0 Å². The van der Waals surface area contributed by atoms with E-state index in [1.54, 1.807) is 0 Å². The summed E-state index contributed by atoms with van der Waals surface area (Å²) in [4.78, 5) is 19.8. The Balaban J connectivity index is 1.47. The van der Waals surface area contributed by atoms with Crippen molar-refractivity contribution in [1.82, 2.24) is 4.98 Å². The third-order valence-electron chi connectivity index (χ3n) is 8.36. The summed E-state index contributed by atoms with van der Waals surface area (Å²) in [5.74, 6) is 1.84. The Bertz CT molecular complexity index is 1230. The molecule has 0 spiro atoms. The number of aryl methyl sites for hydroxylation is 1. The number of hydrogen-bond acceptors (Lipinski definition) is 3. The minimum Gasteiger partial charge on any atom is -0.357 e. The molecule has 1 saturated heterocycles. The second kappa shape index (κ2) is 6.95. The van der Waals surface area contributed by atoms with E-state index in [9.17, 15) is 4.79 Å². The number of nitrogens with two attached hydrogens (primary N) is 1. The van der Waals surface area contributed by atoms with Gasteiger partial charge in [0, 0.05) is 39.8 Å². The van der Waals surface area contributed by atoms with E-state index in [4.69, 9.17) is 5.73 Å².